The van der Waals surface area contributed by atoms with Gasteiger partial charge in [-0.1, -0.05) is 6.08 Å². The van der Waals surface area contributed by atoms with Crippen LogP contribution in [0, 0.1) is 0 Å². The molecule has 0 aromatic heterocycles. The standard InChI is InChI=1S/C8H13N3O2/c9-8(12)11-10-5-1-3-7-4-2-6-13-7/h1,3,5,7H,2,4,6H2,(H3,9,11,12)/b3-1+,10-5+. The fraction of sp³-hybridized carbons (Fsp3) is 0.500. The summed E-state index contributed by atoms with van der Waals surface area (Å²) < 4.78 is 5.32. The number of hydrazone groups is 1. The number of hydrogen-bond donors (Lipinski definition) is 2. The maximum Gasteiger partial charge on any atom is 0.332 e. The molecule has 1 unspecified atom stereocenters. The zero-order valence-electron chi connectivity index (χ0n) is 7.27. The van der Waals surface area contributed by atoms with Gasteiger partial charge in [0.15, 0.2) is 0 Å². The number of amides is 2. The van der Waals surface area contributed by atoms with Crippen LogP contribution in [0.2, 0.25) is 0 Å². The third-order valence-electron chi connectivity index (χ3n) is 1.63. The Bertz CT molecular complexity index is 219. The van der Waals surface area contributed by atoms with Crippen LogP contribution in [0.5, 0.6) is 0 Å². The third kappa shape index (κ3) is 4.27. The number of hydrogen-bond acceptors (Lipinski definition) is 3. The molecule has 3 N–H and O–H groups in total. The summed E-state index contributed by atoms with van der Waals surface area (Å²) >= 11 is 0. The molecule has 0 saturated carbocycles. The van der Waals surface area contributed by atoms with Crippen LogP contribution in [0.25, 0.3) is 0 Å². The van der Waals surface area contributed by atoms with E-state index in [1.807, 2.05) is 6.08 Å². The first kappa shape index (κ1) is 9.73. The van der Waals surface area contributed by atoms with Gasteiger partial charge in [0.1, 0.15) is 0 Å². The van der Waals surface area contributed by atoms with Crippen LogP contribution in [0.1, 0.15) is 12.8 Å². The molecule has 0 aliphatic carbocycles. The lowest BCUT2D eigenvalue weighted by atomic mass is 10.2. The van der Waals surface area contributed by atoms with Gasteiger partial charge in [0.2, 0.25) is 0 Å². The number of nitrogens with zero attached hydrogens (tertiary/aromatic N) is 1. The normalized spacial score (nSPS) is 22.9. The fourth-order valence-electron chi connectivity index (χ4n) is 1.07. The molecule has 1 atom stereocenters. The second-order valence-corrected chi connectivity index (χ2v) is 2.69. The Balaban J connectivity index is 2.16. The first-order valence-electron chi connectivity index (χ1n) is 4.16. The number of allylic oxidation sites excluding steroid dienone is 1. The highest BCUT2D eigenvalue weighted by Gasteiger charge is 2.10. The number of urea groups is 1. The predicted octanol–water partition coefficient (Wildman–Crippen LogP) is 0.376. The average Bonchev–Trinajstić information content (AvgIpc) is 2.55. The molecule has 1 saturated heterocycles. The van der Waals surface area contributed by atoms with Crippen molar-refractivity contribution >= 4 is 12.2 Å². The first-order valence-corrected chi connectivity index (χ1v) is 4.16. The summed E-state index contributed by atoms with van der Waals surface area (Å²) in [6.07, 6.45) is 7.44. The Morgan fingerprint density at radius 3 is 3.15 bits per heavy atom. The van der Waals surface area contributed by atoms with Crippen LogP contribution >= 0.6 is 0 Å². The van der Waals surface area contributed by atoms with E-state index < -0.39 is 6.03 Å². The minimum absolute atomic E-state index is 0.194. The fourth-order valence-corrected chi connectivity index (χ4v) is 1.07. The predicted molar refractivity (Wildman–Crippen MR) is 49.3 cm³/mol. The summed E-state index contributed by atoms with van der Waals surface area (Å²) in [4.78, 5) is 10.2. The molecule has 1 aliphatic heterocycles. The Kier molecular flexibility index (Phi) is 3.98. The summed E-state index contributed by atoms with van der Waals surface area (Å²) in [5.74, 6) is 0. The average molecular weight is 183 g/mol. The molecule has 1 heterocycles. The smallest absolute Gasteiger partial charge is 0.332 e. The lowest BCUT2D eigenvalue weighted by Crippen LogP contribution is -2.24. The Morgan fingerprint density at radius 1 is 1.69 bits per heavy atom. The number of carbonyl (C=O) groups is 1. The van der Waals surface area contributed by atoms with Crippen LogP contribution in [0.15, 0.2) is 17.3 Å². The summed E-state index contributed by atoms with van der Waals surface area (Å²) in [5.41, 5.74) is 6.87. The zero-order chi connectivity index (χ0) is 9.52. The highest BCUT2D eigenvalue weighted by atomic mass is 16.5. The summed E-state index contributed by atoms with van der Waals surface area (Å²) in [6, 6.07) is -0.665. The van der Waals surface area contributed by atoms with Gasteiger partial charge in [-0.05, 0) is 18.9 Å². The van der Waals surface area contributed by atoms with E-state index in [-0.39, 0.29) is 6.10 Å². The molecule has 5 heteroatoms. The van der Waals surface area contributed by atoms with Crippen LogP contribution in [0.4, 0.5) is 4.79 Å². The number of primary amides is 1. The molecule has 72 valence electrons. The van der Waals surface area contributed by atoms with E-state index in [1.165, 1.54) is 6.21 Å². The first-order chi connectivity index (χ1) is 6.29. The lowest BCUT2D eigenvalue weighted by Gasteiger charge is -1.98. The number of ether oxygens (including phenoxy) is 1. The molecule has 0 aromatic carbocycles. The summed E-state index contributed by atoms with van der Waals surface area (Å²) in [6.45, 7) is 0.825. The van der Waals surface area contributed by atoms with Crippen molar-refractivity contribution in [3.8, 4) is 0 Å². The van der Waals surface area contributed by atoms with Gasteiger partial charge in [-0.3, -0.25) is 0 Å². The van der Waals surface area contributed by atoms with E-state index in [2.05, 4.69) is 10.5 Å². The van der Waals surface area contributed by atoms with Crippen molar-refractivity contribution in [2.45, 2.75) is 18.9 Å². The Labute approximate surface area is 76.6 Å². The van der Waals surface area contributed by atoms with Gasteiger partial charge >= 0.3 is 6.03 Å². The monoisotopic (exact) mass is 183 g/mol. The van der Waals surface area contributed by atoms with Gasteiger partial charge in [-0.15, -0.1) is 0 Å². The maximum absolute atomic E-state index is 10.2. The molecule has 1 fully saturated rings. The number of nitrogens with one attached hydrogen (secondary N) is 1. The molecule has 2 amide bonds. The van der Waals surface area contributed by atoms with Crippen molar-refractivity contribution in [1.29, 1.82) is 0 Å². The second kappa shape index (κ2) is 5.31. The largest absolute Gasteiger partial charge is 0.374 e. The van der Waals surface area contributed by atoms with Crippen molar-refractivity contribution < 1.29 is 9.53 Å². The minimum Gasteiger partial charge on any atom is -0.374 e. The van der Waals surface area contributed by atoms with E-state index in [4.69, 9.17) is 10.5 Å². The van der Waals surface area contributed by atoms with Gasteiger partial charge in [-0.2, -0.15) is 5.10 Å². The van der Waals surface area contributed by atoms with Crippen molar-refractivity contribution in [3.05, 3.63) is 12.2 Å². The topological polar surface area (TPSA) is 76.7 Å². The minimum atomic E-state index is -0.665. The van der Waals surface area contributed by atoms with Gasteiger partial charge in [0.25, 0.3) is 0 Å². The van der Waals surface area contributed by atoms with Crippen molar-refractivity contribution in [3.63, 3.8) is 0 Å². The van der Waals surface area contributed by atoms with E-state index >= 15 is 0 Å². The quantitative estimate of drug-likeness (QED) is 0.490. The van der Waals surface area contributed by atoms with Crippen molar-refractivity contribution in [2.75, 3.05) is 6.61 Å². The molecule has 1 rings (SSSR count). The van der Waals surface area contributed by atoms with E-state index in [0.717, 1.165) is 19.4 Å². The molecule has 0 aromatic rings. The van der Waals surface area contributed by atoms with Gasteiger partial charge in [0.05, 0.1) is 6.10 Å². The van der Waals surface area contributed by atoms with Gasteiger partial charge in [0, 0.05) is 12.8 Å². The lowest BCUT2D eigenvalue weighted by molar-refractivity contribution is 0.145. The van der Waals surface area contributed by atoms with Crippen LogP contribution in [-0.4, -0.2) is 25.0 Å². The zero-order valence-corrected chi connectivity index (χ0v) is 7.27. The molecule has 1 aliphatic rings. The van der Waals surface area contributed by atoms with Crippen molar-refractivity contribution in [2.24, 2.45) is 10.8 Å². The SMILES string of the molecule is NC(=O)N/N=C/C=C/C1CCCO1. The second-order valence-electron chi connectivity index (χ2n) is 2.69. The number of rotatable bonds is 3. The van der Waals surface area contributed by atoms with E-state index in [1.54, 1.807) is 6.08 Å². The van der Waals surface area contributed by atoms with Crippen LogP contribution < -0.4 is 11.2 Å². The Hall–Kier alpha value is -1.36. The highest BCUT2D eigenvalue weighted by molar-refractivity contribution is 5.75. The number of carbonyl (C=O) groups excluding carboxylic acids is 1. The molecule has 0 spiro atoms. The molecule has 0 bridgehead atoms. The number of nitrogens with two attached hydrogens (primary N) is 1. The summed E-state index contributed by atoms with van der Waals surface area (Å²) in [7, 11) is 0. The third-order valence-corrected chi connectivity index (χ3v) is 1.63. The van der Waals surface area contributed by atoms with E-state index in [0.29, 0.717) is 0 Å². The van der Waals surface area contributed by atoms with E-state index in [9.17, 15) is 4.79 Å². The molecule has 0 radical (unpaired) electrons. The molecular weight excluding hydrogens is 170 g/mol. The molecular formula is C8H13N3O2. The highest BCUT2D eigenvalue weighted by Crippen LogP contribution is 2.12. The van der Waals surface area contributed by atoms with Crippen molar-refractivity contribution in [1.82, 2.24) is 5.43 Å². The van der Waals surface area contributed by atoms with Gasteiger partial charge in [-0.25, -0.2) is 10.2 Å². The summed E-state index contributed by atoms with van der Waals surface area (Å²) in [5, 5.41) is 3.54. The van der Waals surface area contributed by atoms with Crippen LogP contribution in [0.3, 0.4) is 0 Å². The van der Waals surface area contributed by atoms with Crippen LogP contribution in [-0.2, 0) is 4.74 Å². The van der Waals surface area contributed by atoms with Gasteiger partial charge < -0.3 is 10.5 Å². The molecule has 5 nitrogen and oxygen atoms in total. The maximum atomic E-state index is 10.2. The molecule has 13 heavy (non-hydrogen) atoms. The Morgan fingerprint density at radius 2 is 2.54 bits per heavy atom.